The standard InChI is InChI=1S/C18H23NO/c1-13(19-12-14-6-2-3-7-14)16-11-10-15-8-4-5-9-17(15)18(16)20/h4-5,8-11,13-14,19-20H,2-3,6-7,12H2,1H3. The van der Waals surface area contributed by atoms with Crippen LogP contribution in [0.1, 0.15) is 44.2 Å². The maximum atomic E-state index is 10.5. The molecule has 2 nitrogen and oxygen atoms in total. The smallest absolute Gasteiger partial charge is 0.128 e. The fourth-order valence-corrected chi connectivity index (χ4v) is 3.29. The van der Waals surface area contributed by atoms with Gasteiger partial charge in [-0.15, -0.1) is 0 Å². The van der Waals surface area contributed by atoms with Crippen LogP contribution in [0.4, 0.5) is 0 Å². The molecule has 0 amide bonds. The van der Waals surface area contributed by atoms with Crippen molar-refractivity contribution in [1.82, 2.24) is 5.32 Å². The Kier molecular flexibility index (Phi) is 3.93. The first kappa shape index (κ1) is 13.4. The van der Waals surface area contributed by atoms with E-state index in [-0.39, 0.29) is 6.04 Å². The first-order valence-electron chi connectivity index (χ1n) is 7.69. The second-order valence-electron chi connectivity index (χ2n) is 6.00. The predicted molar refractivity (Wildman–Crippen MR) is 84.0 cm³/mol. The van der Waals surface area contributed by atoms with Crippen LogP contribution in [0.15, 0.2) is 36.4 Å². The van der Waals surface area contributed by atoms with E-state index in [1.54, 1.807) is 0 Å². The minimum absolute atomic E-state index is 0.195. The number of nitrogens with one attached hydrogen (secondary N) is 1. The summed E-state index contributed by atoms with van der Waals surface area (Å²) in [7, 11) is 0. The monoisotopic (exact) mass is 269 g/mol. The van der Waals surface area contributed by atoms with Crippen molar-refractivity contribution in [3.63, 3.8) is 0 Å². The molecule has 1 atom stereocenters. The van der Waals surface area contributed by atoms with Gasteiger partial charge in [-0.25, -0.2) is 0 Å². The van der Waals surface area contributed by atoms with Crippen LogP contribution >= 0.6 is 0 Å². The SMILES string of the molecule is CC(NCC1CCCC1)c1ccc2ccccc2c1O. The van der Waals surface area contributed by atoms with Crippen molar-refractivity contribution in [2.75, 3.05) is 6.54 Å². The second-order valence-corrected chi connectivity index (χ2v) is 6.00. The fraction of sp³-hybridized carbons (Fsp3) is 0.444. The molecule has 0 spiro atoms. The highest BCUT2D eigenvalue weighted by atomic mass is 16.3. The Morgan fingerprint density at radius 2 is 1.90 bits per heavy atom. The first-order chi connectivity index (χ1) is 9.75. The lowest BCUT2D eigenvalue weighted by Gasteiger charge is -2.19. The molecular formula is C18H23NO. The fourth-order valence-electron chi connectivity index (χ4n) is 3.29. The van der Waals surface area contributed by atoms with Crippen molar-refractivity contribution < 1.29 is 5.11 Å². The van der Waals surface area contributed by atoms with Crippen molar-refractivity contribution in [2.45, 2.75) is 38.6 Å². The Bertz CT molecular complexity index is 587. The van der Waals surface area contributed by atoms with E-state index in [0.29, 0.717) is 5.75 Å². The molecule has 2 aromatic carbocycles. The topological polar surface area (TPSA) is 32.3 Å². The summed E-state index contributed by atoms with van der Waals surface area (Å²) in [6.07, 6.45) is 5.46. The Balaban J connectivity index is 1.76. The van der Waals surface area contributed by atoms with Crippen molar-refractivity contribution in [1.29, 1.82) is 0 Å². The summed E-state index contributed by atoms with van der Waals surface area (Å²) >= 11 is 0. The van der Waals surface area contributed by atoms with Crippen molar-refractivity contribution in [2.24, 2.45) is 5.92 Å². The molecule has 0 aromatic heterocycles. The molecular weight excluding hydrogens is 246 g/mol. The van der Waals surface area contributed by atoms with Gasteiger partial charge in [-0.1, -0.05) is 49.2 Å². The van der Waals surface area contributed by atoms with E-state index >= 15 is 0 Å². The normalized spacial score (nSPS) is 17.6. The van der Waals surface area contributed by atoms with Gasteiger partial charge in [-0.2, -0.15) is 0 Å². The number of benzene rings is 2. The number of aromatic hydroxyl groups is 1. The number of hydrogen-bond acceptors (Lipinski definition) is 2. The van der Waals surface area contributed by atoms with Gasteiger partial charge in [0.15, 0.2) is 0 Å². The van der Waals surface area contributed by atoms with Gasteiger partial charge in [0.05, 0.1) is 0 Å². The van der Waals surface area contributed by atoms with Crippen LogP contribution in [0.5, 0.6) is 5.75 Å². The van der Waals surface area contributed by atoms with Gasteiger partial charge in [0.25, 0.3) is 0 Å². The third kappa shape index (κ3) is 2.66. The molecule has 20 heavy (non-hydrogen) atoms. The third-order valence-corrected chi connectivity index (χ3v) is 4.59. The number of rotatable bonds is 4. The number of hydrogen-bond donors (Lipinski definition) is 2. The third-order valence-electron chi connectivity index (χ3n) is 4.59. The molecule has 0 heterocycles. The summed E-state index contributed by atoms with van der Waals surface area (Å²) in [5.41, 5.74) is 1.00. The molecule has 0 saturated heterocycles. The predicted octanol–water partition coefficient (Wildman–Crippen LogP) is 4.39. The Labute approximate surface area is 120 Å². The maximum absolute atomic E-state index is 10.5. The number of phenols is 1. The van der Waals surface area contributed by atoms with Gasteiger partial charge in [-0.05, 0) is 37.6 Å². The Morgan fingerprint density at radius 3 is 2.70 bits per heavy atom. The molecule has 2 N–H and O–H groups in total. The van der Waals surface area contributed by atoms with Crippen LogP contribution in [-0.2, 0) is 0 Å². The Morgan fingerprint density at radius 1 is 1.15 bits per heavy atom. The average Bonchev–Trinajstić information content (AvgIpc) is 2.99. The lowest BCUT2D eigenvalue weighted by Crippen LogP contribution is -2.24. The molecule has 0 aliphatic heterocycles. The summed E-state index contributed by atoms with van der Waals surface area (Å²) in [5, 5.41) is 16.1. The number of fused-ring (bicyclic) bond motifs is 1. The van der Waals surface area contributed by atoms with E-state index in [1.807, 2.05) is 30.3 Å². The van der Waals surface area contributed by atoms with Gasteiger partial charge in [-0.3, -0.25) is 0 Å². The summed E-state index contributed by atoms with van der Waals surface area (Å²) in [6, 6.07) is 12.3. The zero-order chi connectivity index (χ0) is 13.9. The number of phenolic OH excluding ortho intramolecular Hbond substituents is 1. The molecule has 3 rings (SSSR count). The molecule has 1 aliphatic carbocycles. The molecule has 2 heteroatoms. The van der Waals surface area contributed by atoms with Gasteiger partial charge in [0, 0.05) is 17.0 Å². The molecule has 1 unspecified atom stereocenters. The van der Waals surface area contributed by atoms with Crippen LogP contribution < -0.4 is 5.32 Å². The Hall–Kier alpha value is -1.54. The van der Waals surface area contributed by atoms with E-state index in [0.717, 1.165) is 28.8 Å². The van der Waals surface area contributed by atoms with Crippen LogP contribution in [0.25, 0.3) is 10.8 Å². The highest BCUT2D eigenvalue weighted by Crippen LogP contribution is 2.33. The first-order valence-corrected chi connectivity index (χ1v) is 7.69. The van der Waals surface area contributed by atoms with Gasteiger partial charge in [0.1, 0.15) is 5.75 Å². The summed E-state index contributed by atoms with van der Waals surface area (Å²) < 4.78 is 0. The molecule has 106 valence electrons. The molecule has 1 aliphatic rings. The molecule has 0 radical (unpaired) electrons. The highest BCUT2D eigenvalue weighted by molar-refractivity contribution is 5.89. The van der Waals surface area contributed by atoms with Crippen LogP contribution in [0.3, 0.4) is 0 Å². The summed E-state index contributed by atoms with van der Waals surface area (Å²) in [5.74, 6) is 1.24. The molecule has 0 bridgehead atoms. The van der Waals surface area contributed by atoms with Crippen molar-refractivity contribution in [3.8, 4) is 5.75 Å². The van der Waals surface area contributed by atoms with Crippen LogP contribution in [0, 0.1) is 5.92 Å². The minimum atomic E-state index is 0.195. The second kappa shape index (κ2) is 5.84. The molecule has 1 fully saturated rings. The zero-order valence-electron chi connectivity index (χ0n) is 12.1. The van der Waals surface area contributed by atoms with Gasteiger partial charge in [0.2, 0.25) is 0 Å². The molecule has 2 aromatic rings. The highest BCUT2D eigenvalue weighted by Gasteiger charge is 2.17. The minimum Gasteiger partial charge on any atom is -0.507 e. The molecule has 1 saturated carbocycles. The van der Waals surface area contributed by atoms with Crippen LogP contribution in [0.2, 0.25) is 0 Å². The van der Waals surface area contributed by atoms with E-state index in [9.17, 15) is 5.11 Å². The summed E-state index contributed by atoms with van der Waals surface area (Å²) in [4.78, 5) is 0. The van der Waals surface area contributed by atoms with E-state index in [2.05, 4.69) is 18.3 Å². The van der Waals surface area contributed by atoms with E-state index < -0.39 is 0 Å². The van der Waals surface area contributed by atoms with E-state index in [4.69, 9.17) is 0 Å². The van der Waals surface area contributed by atoms with Gasteiger partial charge >= 0.3 is 0 Å². The average molecular weight is 269 g/mol. The van der Waals surface area contributed by atoms with Crippen LogP contribution in [-0.4, -0.2) is 11.7 Å². The largest absolute Gasteiger partial charge is 0.507 e. The maximum Gasteiger partial charge on any atom is 0.128 e. The van der Waals surface area contributed by atoms with Crippen molar-refractivity contribution in [3.05, 3.63) is 42.0 Å². The lowest BCUT2D eigenvalue weighted by atomic mass is 10.00. The lowest BCUT2D eigenvalue weighted by molar-refractivity contribution is 0.430. The van der Waals surface area contributed by atoms with E-state index in [1.165, 1.54) is 25.7 Å². The van der Waals surface area contributed by atoms with Crippen molar-refractivity contribution >= 4 is 10.8 Å². The summed E-state index contributed by atoms with van der Waals surface area (Å²) in [6.45, 7) is 3.20. The quantitative estimate of drug-likeness (QED) is 0.863. The van der Waals surface area contributed by atoms with Gasteiger partial charge < -0.3 is 10.4 Å². The zero-order valence-corrected chi connectivity index (χ0v) is 12.1.